The highest BCUT2D eigenvalue weighted by atomic mass is 31.2. The van der Waals surface area contributed by atoms with E-state index in [0.717, 1.165) is 11.1 Å². The topological polar surface area (TPSA) is 73.9 Å². The van der Waals surface area contributed by atoms with Crippen LogP contribution in [0.15, 0.2) is 18.2 Å². The lowest BCUT2D eigenvalue weighted by atomic mass is 9.94. The Hall–Kier alpha value is -1.36. The number of ether oxygens (including phenoxy) is 2. The zero-order valence-corrected chi connectivity index (χ0v) is 17.4. The number of nitrogens with one attached hydrogen (secondary N) is 1. The molecule has 146 valence electrons. The van der Waals surface area contributed by atoms with Gasteiger partial charge in [0.15, 0.2) is 0 Å². The fourth-order valence-corrected chi connectivity index (χ4v) is 4.97. The van der Waals surface area contributed by atoms with E-state index in [9.17, 15) is 9.36 Å². The monoisotopic (exact) mass is 383 g/mol. The van der Waals surface area contributed by atoms with Gasteiger partial charge >= 0.3 is 13.5 Å². The molecule has 0 heterocycles. The van der Waals surface area contributed by atoms with E-state index in [1.165, 1.54) is 14.2 Å². The number of hydrogen-bond acceptors (Lipinski definition) is 5. The first kappa shape index (κ1) is 20.9. The number of hydrogen-bond donors (Lipinski definition) is 1. The molecule has 1 aliphatic carbocycles. The van der Waals surface area contributed by atoms with Gasteiger partial charge in [0.1, 0.15) is 17.6 Å². The Morgan fingerprint density at radius 2 is 1.69 bits per heavy atom. The lowest BCUT2D eigenvalue weighted by Crippen LogP contribution is -2.39. The van der Waals surface area contributed by atoms with Gasteiger partial charge in [-0.3, -0.25) is 9.36 Å². The van der Waals surface area contributed by atoms with Crippen molar-refractivity contribution in [1.29, 1.82) is 0 Å². The number of carbonyl (C=O) groups excluding carboxylic acids is 1. The normalized spacial score (nSPS) is 17.8. The van der Waals surface area contributed by atoms with Crippen LogP contribution in [0.1, 0.15) is 63.5 Å². The minimum absolute atomic E-state index is 0.129. The van der Waals surface area contributed by atoms with Gasteiger partial charge in [-0.2, -0.15) is 0 Å². The molecule has 0 bridgehead atoms. The van der Waals surface area contributed by atoms with Gasteiger partial charge in [0, 0.05) is 7.11 Å². The molecule has 0 radical (unpaired) electrons. The summed E-state index contributed by atoms with van der Waals surface area (Å²) in [5, 5.41) is 2.95. The fraction of sp³-hybridized carbons (Fsp3) is 0.632. The first-order valence-electron chi connectivity index (χ1n) is 8.96. The molecule has 0 saturated heterocycles. The van der Waals surface area contributed by atoms with Crippen LogP contribution in [0, 0.1) is 0 Å². The van der Waals surface area contributed by atoms with Gasteiger partial charge < -0.3 is 14.0 Å². The van der Waals surface area contributed by atoms with Gasteiger partial charge in [-0.15, -0.1) is 0 Å². The van der Waals surface area contributed by atoms with Crippen LogP contribution in [0.2, 0.25) is 0 Å². The molecule has 1 aromatic carbocycles. The van der Waals surface area contributed by atoms with Crippen LogP contribution in [0.3, 0.4) is 0 Å². The summed E-state index contributed by atoms with van der Waals surface area (Å²) in [6, 6.07) is 5.95. The van der Waals surface area contributed by atoms with Gasteiger partial charge in [0.2, 0.25) is 0 Å². The van der Waals surface area contributed by atoms with E-state index in [2.05, 4.69) is 32.8 Å². The van der Waals surface area contributed by atoms with Crippen LogP contribution in [-0.2, 0) is 18.8 Å². The zero-order valence-electron chi connectivity index (χ0n) is 16.5. The van der Waals surface area contributed by atoms with E-state index >= 15 is 0 Å². The molecule has 0 aromatic heterocycles. The van der Waals surface area contributed by atoms with E-state index in [1.54, 1.807) is 0 Å². The summed E-state index contributed by atoms with van der Waals surface area (Å²) in [6.45, 7) is 8.27. The maximum atomic E-state index is 13.5. The number of para-hydroxylation sites is 1. The van der Waals surface area contributed by atoms with Crippen molar-refractivity contribution in [1.82, 2.24) is 5.09 Å². The van der Waals surface area contributed by atoms with Crippen molar-refractivity contribution in [2.24, 2.45) is 0 Å². The molecule has 1 unspecified atom stereocenters. The third kappa shape index (κ3) is 4.48. The minimum atomic E-state index is -3.47. The quantitative estimate of drug-likeness (QED) is 0.503. The van der Waals surface area contributed by atoms with E-state index in [0.29, 0.717) is 18.6 Å². The lowest BCUT2D eigenvalue weighted by Gasteiger charge is -2.27. The van der Waals surface area contributed by atoms with Crippen LogP contribution in [0.5, 0.6) is 5.75 Å². The Labute approximate surface area is 156 Å². The largest absolute Gasteiger partial charge is 0.468 e. The predicted octanol–water partition coefficient (Wildman–Crippen LogP) is 4.40. The second-order valence-corrected chi connectivity index (χ2v) is 9.45. The molecule has 0 spiro atoms. The van der Waals surface area contributed by atoms with Gasteiger partial charge in [0.25, 0.3) is 0 Å². The third-order valence-corrected chi connectivity index (χ3v) is 6.41. The minimum Gasteiger partial charge on any atom is -0.468 e. The van der Waals surface area contributed by atoms with Gasteiger partial charge in [-0.25, -0.2) is 5.09 Å². The fourth-order valence-electron chi connectivity index (χ4n) is 3.00. The highest BCUT2D eigenvalue weighted by Crippen LogP contribution is 2.53. The van der Waals surface area contributed by atoms with Crippen molar-refractivity contribution >= 4 is 13.5 Å². The van der Waals surface area contributed by atoms with Crippen LogP contribution < -0.4 is 9.61 Å². The highest BCUT2D eigenvalue weighted by Gasteiger charge is 2.55. The van der Waals surface area contributed by atoms with Crippen molar-refractivity contribution in [3.05, 3.63) is 29.3 Å². The van der Waals surface area contributed by atoms with Gasteiger partial charge in [-0.1, -0.05) is 45.9 Å². The molecule has 0 aliphatic heterocycles. The SMILES string of the molecule is COCP(=O)(NC1(C(=O)OC)CC1)Oc1c(C(C)C)cccc1C(C)C. The molecule has 7 heteroatoms. The average molecular weight is 383 g/mol. The number of esters is 1. The Morgan fingerprint density at radius 1 is 1.15 bits per heavy atom. The van der Waals surface area contributed by atoms with Crippen molar-refractivity contribution in [2.75, 3.05) is 20.6 Å². The number of methoxy groups -OCH3 is 2. The van der Waals surface area contributed by atoms with Crippen molar-refractivity contribution < 1.29 is 23.4 Å². The van der Waals surface area contributed by atoms with E-state index in [1.807, 2.05) is 18.2 Å². The van der Waals surface area contributed by atoms with E-state index < -0.39 is 19.0 Å². The predicted molar refractivity (Wildman–Crippen MR) is 102 cm³/mol. The third-order valence-electron chi connectivity index (χ3n) is 4.57. The van der Waals surface area contributed by atoms with Crippen molar-refractivity contribution in [3.8, 4) is 5.75 Å². The van der Waals surface area contributed by atoms with Crippen LogP contribution in [0.25, 0.3) is 0 Å². The van der Waals surface area contributed by atoms with Gasteiger partial charge in [-0.05, 0) is 35.8 Å². The molecular formula is C19H30NO5P. The second kappa shape index (κ2) is 8.12. The Balaban J connectivity index is 2.41. The molecule has 6 nitrogen and oxygen atoms in total. The summed E-state index contributed by atoms with van der Waals surface area (Å²) in [5.41, 5.74) is 1.03. The molecule has 1 N–H and O–H groups in total. The molecule has 1 saturated carbocycles. The summed E-state index contributed by atoms with van der Waals surface area (Å²) in [5.74, 6) is 0.607. The molecule has 0 amide bonds. The molecular weight excluding hydrogens is 353 g/mol. The molecule has 26 heavy (non-hydrogen) atoms. The summed E-state index contributed by atoms with van der Waals surface area (Å²) in [6.07, 6.45) is 1.01. The smallest absolute Gasteiger partial charge is 0.342 e. The summed E-state index contributed by atoms with van der Waals surface area (Å²) in [4.78, 5) is 12.1. The van der Waals surface area contributed by atoms with E-state index in [4.69, 9.17) is 14.0 Å². The van der Waals surface area contributed by atoms with Crippen LogP contribution >= 0.6 is 7.52 Å². The molecule has 1 fully saturated rings. The van der Waals surface area contributed by atoms with Gasteiger partial charge in [0.05, 0.1) is 7.11 Å². The molecule has 2 rings (SSSR count). The van der Waals surface area contributed by atoms with Crippen LogP contribution in [0.4, 0.5) is 0 Å². The second-order valence-electron chi connectivity index (χ2n) is 7.44. The first-order valence-corrected chi connectivity index (χ1v) is 10.8. The number of carbonyl (C=O) groups is 1. The standard InChI is InChI=1S/C19H30NO5P/c1-13(2)15-8-7-9-16(14(3)4)17(15)25-26(22,12-23-5)20-19(10-11-19)18(21)24-6/h7-9,13-14H,10-12H2,1-6H3,(H,20,22). The summed E-state index contributed by atoms with van der Waals surface area (Å²) >= 11 is 0. The number of rotatable bonds is 9. The maximum Gasteiger partial charge on any atom is 0.342 e. The Kier molecular flexibility index (Phi) is 6.54. The van der Waals surface area contributed by atoms with Crippen molar-refractivity contribution in [2.45, 2.75) is 57.9 Å². The first-order chi connectivity index (χ1) is 12.2. The molecule has 1 aliphatic rings. The molecule has 1 aromatic rings. The summed E-state index contributed by atoms with van der Waals surface area (Å²) in [7, 11) is -0.678. The molecule has 1 atom stereocenters. The van der Waals surface area contributed by atoms with Crippen LogP contribution in [-0.4, -0.2) is 32.1 Å². The Bertz CT molecular complexity index is 671. The summed E-state index contributed by atoms with van der Waals surface area (Å²) < 4.78 is 29.7. The number of benzene rings is 1. The zero-order chi connectivity index (χ0) is 19.5. The average Bonchev–Trinajstić information content (AvgIpc) is 3.34. The van der Waals surface area contributed by atoms with E-state index in [-0.39, 0.29) is 18.2 Å². The van der Waals surface area contributed by atoms with Crippen molar-refractivity contribution in [3.63, 3.8) is 0 Å². The lowest BCUT2D eigenvalue weighted by molar-refractivity contribution is -0.143. The highest BCUT2D eigenvalue weighted by molar-refractivity contribution is 7.57. The Morgan fingerprint density at radius 3 is 2.08 bits per heavy atom. The maximum absolute atomic E-state index is 13.5.